The zero-order valence-corrected chi connectivity index (χ0v) is 25.3. The molecule has 1 aliphatic rings. The van der Waals surface area contributed by atoms with Crippen LogP contribution in [0.25, 0.3) is 80.7 Å². The molecule has 10 rings (SSSR count). The average molecular weight is 594 g/mol. The number of rotatable bonds is 3. The summed E-state index contributed by atoms with van der Waals surface area (Å²) in [6, 6.07) is 42.3. The van der Waals surface area contributed by atoms with Crippen molar-refractivity contribution in [2.75, 3.05) is 0 Å². The molecule has 4 heterocycles. The number of allylic oxidation sites excluding steroid dienone is 4. The number of nitrogens with zero attached hydrogens (tertiary/aromatic N) is 3. The van der Waals surface area contributed by atoms with E-state index in [0.29, 0.717) is 0 Å². The number of hydrogen-bond acceptors (Lipinski definition) is 2. The van der Waals surface area contributed by atoms with Crippen LogP contribution < -0.4 is 0 Å². The van der Waals surface area contributed by atoms with Crippen molar-refractivity contribution < 1.29 is 0 Å². The lowest BCUT2D eigenvalue weighted by atomic mass is 9.94. The van der Waals surface area contributed by atoms with Gasteiger partial charge in [-0.2, -0.15) is 0 Å². The van der Waals surface area contributed by atoms with Crippen LogP contribution in [0.4, 0.5) is 0 Å². The molecule has 0 saturated heterocycles. The second-order valence-corrected chi connectivity index (χ2v) is 13.0. The molecule has 0 unspecified atom stereocenters. The van der Waals surface area contributed by atoms with Gasteiger partial charge in [-0.1, -0.05) is 66.7 Å². The molecule has 0 bridgehead atoms. The Labute approximate surface area is 263 Å². The zero-order chi connectivity index (χ0) is 29.5. The number of thiophene rings is 1. The van der Waals surface area contributed by atoms with E-state index >= 15 is 0 Å². The first-order valence-corrected chi connectivity index (χ1v) is 16.3. The minimum Gasteiger partial charge on any atom is -0.310 e. The standard InChI is InChI=1S/C41H27N3S/c1-4-13-36-30(10-1)31-11-2-5-14-37(31)43(36)28-9-7-8-26(22-28)27-16-18-40-33(23-27)34-24-29(17-19-41(34)45-40)44-38-15-6-3-12-32(38)35-25-42-21-20-39(35)44/h1-6,9-25H,7-8H2. The van der Waals surface area contributed by atoms with Crippen LogP contribution >= 0.6 is 11.3 Å². The lowest BCUT2D eigenvalue weighted by Gasteiger charge is -2.17. The normalized spacial score (nSPS) is 13.9. The molecule has 0 radical (unpaired) electrons. The van der Waals surface area contributed by atoms with E-state index in [1.165, 1.54) is 86.3 Å². The fourth-order valence-corrected chi connectivity index (χ4v) is 8.53. The Bertz CT molecular complexity index is 2610. The van der Waals surface area contributed by atoms with Crippen molar-refractivity contribution in [3.63, 3.8) is 0 Å². The molecule has 45 heavy (non-hydrogen) atoms. The van der Waals surface area contributed by atoms with Crippen LogP contribution in [0.1, 0.15) is 18.4 Å². The first-order chi connectivity index (χ1) is 22.3. The molecule has 0 amide bonds. The average Bonchev–Trinajstić information content (AvgIpc) is 3.75. The van der Waals surface area contributed by atoms with Gasteiger partial charge in [0.15, 0.2) is 0 Å². The van der Waals surface area contributed by atoms with Gasteiger partial charge in [-0.3, -0.25) is 4.98 Å². The smallest absolute Gasteiger partial charge is 0.0571 e. The molecular weight excluding hydrogens is 567 g/mol. The van der Waals surface area contributed by atoms with E-state index in [0.717, 1.165) is 12.8 Å². The fraction of sp³-hybridized carbons (Fsp3) is 0.0488. The number of benzene rings is 5. The maximum absolute atomic E-state index is 4.44. The van der Waals surface area contributed by atoms with E-state index in [9.17, 15) is 0 Å². The Morgan fingerprint density at radius 3 is 1.93 bits per heavy atom. The van der Waals surface area contributed by atoms with E-state index in [1.54, 1.807) is 0 Å². The van der Waals surface area contributed by atoms with Gasteiger partial charge in [-0.15, -0.1) is 11.3 Å². The molecule has 0 fully saturated rings. The van der Waals surface area contributed by atoms with Crippen molar-refractivity contribution in [3.05, 3.63) is 145 Å². The molecule has 4 aromatic heterocycles. The van der Waals surface area contributed by atoms with Gasteiger partial charge in [0.2, 0.25) is 0 Å². The van der Waals surface area contributed by atoms with Gasteiger partial charge in [-0.05, 0) is 84.7 Å². The topological polar surface area (TPSA) is 22.8 Å². The quantitative estimate of drug-likeness (QED) is 0.200. The van der Waals surface area contributed by atoms with Crippen LogP contribution in [0, 0.1) is 0 Å². The molecule has 0 spiro atoms. The Morgan fingerprint density at radius 2 is 1.18 bits per heavy atom. The van der Waals surface area contributed by atoms with Crippen LogP contribution in [-0.2, 0) is 0 Å². The summed E-state index contributed by atoms with van der Waals surface area (Å²) < 4.78 is 7.46. The number of pyridine rings is 1. The Hall–Kier alpha value is -5.45. The molecular formula is C41H27N3S. The molecule has 5 aromatic carbocycles. The van der Waals surface area contributed by atoms with Crippen LogP contribution in [-0.4, -0.2) is 14.1 Å². The van der Waals surface area contributed by atoms with Gasteiger partial charge in [-0.25, -0.2) is 0 Å². The lowest BCUT2D eigenvalue weighted by Crippen LogP contribution is -2.00. The Kier molecular flexibility index (Phi) is 5.28. The molecule has 212 valence electrons. The van der Waals surface area contributed by atoms with Gasteiger partial charge in [0, 0.05) is 65.5 Å². The number of fused-ring (bicyclic) bond motifs is 9. The summed E-state index contributed by atoms with van der Waals surface area (Å²) in [5.41, 5.74) is 10.0. The minimum atomic E-state index is 1.03. The number of hydrogen-bond donors (Lipinski definition) is 0. The Balaban J connectivity index is 1.13. The molecule has 0 atom stereocenters. The highest BCUT2D eigenvalue weighted by molar-refractivity contribution is 7.25. The van der Waals surface area contributed by atoms with Crippen molar-refractivity contribution in [2.24, 2.45) is 0 Å². The molecule has 0 saturated carbocycles. The summed E-state index contributed by atoms with van der Waals surface area (Å²) in [6.07, 6.45) is 10.7. The van der Waals surface area contributed by atoms with Gasteiger partial charge in [0.25, 0.3) is 0 Å². The lowest BCUT2D eigenvalue weighted by molar-refractivity contribution is 1.04. The third-order valence-corrected chi connectivity index (χ3v) is 10.6. The Morgan fingerprint density at radius 1 is 0.556 bits per heavy atom. The summed E-state index contributed by atoms with van der Waals surface area (Å²) in [7, 11) is 0. The highest BCUT2D eigenvalue weighted by Crippen LogP contribution is 2.41. The van der Waals surface area contributed by atoms with Gasteiger partial charge >= 0.3 is 0 Å². The predicted octanol–water partition coefficient (Wildman–Crippen LogP) is 11.4. The van der Waals surface area contributed by atoms with Crippen molar-refractivity contribution in [3.8, 4) is 5.69 Å². The van der Waals surface area contributed by atoms with E-state index < -0.39 is 0 Å². The van der Waals surface area contributed by atoms with E-state index in [-0.39, 0.29) is 0 Å². The molecule has 4 heteroatoms. The van der Waals surface area contributed by atoms with Gasteiger partial charge < -0.3 is 9.13 Å². The van der Waals surface area contributed by atoms with E-state index in [4.69, 9.17) is 0 Å². The summed E-state index contributed by atoms with van der Waals surface area (Å²) in [5, 5.41) is 7.65. The second-order valence-electron chi connectivity index (χ2n) is 11.9. The highest BCUT2D eigenvalue weighted by Gasteiger charge is 2.17. The van der Waals surface area contributed by atoms with Crippen molar-refractivity contribution in [1.82, 2.24) is 14.1 Å². The number of para-hydroxylation sites is 3. The largest absolute Gasteiger partial charge is 0.310 e. The summed E-state index contributed by atoms with van der Waals surface area (Å²) >= 11 is 1.88. The summed E-state index contributed by atoms with van der Waals surface area (Å²) in [4.78, 5) is 4.44. The second kappa shape index (κ2) is 9.52. The molecule has 1 aliphatic carbocycles. The predicted molar refractivity (Wildman–Crippen MR) is 192 cm³/mol. The van der Waals surface area contributed by atoms with Crippen LogP contribution in [0.3, 0.4) is 0 Å². The first kappa shape index (κ1) is 24.9. The van der Waals surface area contributed by atoms with Gasteiger partial charge in [0.1, 0.15) is 0 Å². The third-order valence-electron chi connectivity index (χ3n) is 9.48. The maximum atomic E-state index is 4.44. The first-order valence-electron chi connectivity index (χ1n) is 15.5. The minimum absolute atomic E-state index is 1.03. The van der Waals surface area contributed by atoms with Crippen LogP contribution in [0.5, 0.6) is 0 Å². The zero-order valence-electron chi connectivity index (χ0n) is 24.4. The fourth-order valence-electron chi connectivity index (χ4n) is 7.47. The monoisotopic (exact) mass is 593 g/mol. The molecule has 3 nitrogen and oxygen atoms in total. The van der Waals surface area contributed by atoms with Crippen molar-refractivity contribution in [2.45, 2.75) is 12.8 Å². The maximum Gasteiger partial charge on any atom is 0.0571 e. The number of aromatic nitrogens is 3. The SMILES string of the molecule is C1=C(c2ccc3sc4ccc(-n5c6ccccc6c6cnccc65)cc4c3c2)CCC=C1n1c2ccccc2c2ccccc21. The molecule has 0 aliphatic heterocycles. The van der Waals surface area contributed by atoms with Crippen molar-refractivity contribution in [1.29, 1.82) is 0 Å². The van der Waals surface area contributed by atoms with Crippen LogP contribution in [0.2, 0.25) is 0 Å². The summed E-state index contributed by atoms with van der Waals surface area (Å²) in [6.45, 7) is 0. The van der Waals surface area contributed by atoms with E-state index in [2.05, 4.69) is 142 Å². The van der Waals surface area contributed by atoms with E-state index in [1.807, 2.05) is 23.7 Å². The van der Waals surface area contributed by atoms with Crippen molar-refractivity contribution >= 4 is 86.4 Å². The molecule has 9 aromatic rings. The van der Waals surface area contributed by atoms with Crippen LogP contribution in [0.15, 0.2) is 140 Å². The van der Waals surface area contributed by atoms with Gasteiger partial charge in [0.05, 0.1) is 22.1 Å². The summed E-state index contributed by atoms with van der Waals surface area (Å²) in [5.74, 6) is 0. The molecule has 0 N–H and O–H groups in total. The highest BCUT2D eigenvalue weighted by atomic mass is 32.1. The third kappa shape index (κ3) is 3.66.